The molecule has 21 heavy (non-hydrogen) atoms. The number of carbonyl (C=O) groups is 1. The van der Waals surface area contributed by atoms with Gasteiger partial charge in [0, 0.05) is 17.3 Å². The van der Waals surface area contributed by atoms with Crippen LogP contribution >= 0.6 is 35.0 Å². The summed E-state index contributed by atoms with van der Waals surface area (Å²) in [6.45, 7) is 0.660. The minimum absolute atomic E-state index is 0.105. The van der Waals surface area contributed by atoms with Crippen molar-refractivity contribution in [3.8, 4) is 0 Å². The third kappa shape index (κ3) is 3.15. The van der Waals surface area contributed by atoms with Gasteiger partial charge >= 0.3 is 6.03 Å². The highest BCUT2D eigenvalue weighted by molar-refractivity contribution is 7.99. The van der Waals surface area contributed by atoms with Crippen LogP contribution in [-0.4, -0.2) is 23.2 Å². The quantitative estimate of drug-likeness (QED) is 0.846. The zero-order valence-electron chi connectivity index (χ0n) is 10.9. The number of benzene rings is 1. The normalized spacial score (nSPS) is 18.0. The van der Waals surface area contributed by atoms with Crippen molar-refractivity contribution in [1.29, 1.82) is 0 Å². The van der Waals surface area contributed by atoms with Gasteiger partial charge in [0.2, 0.25) is 0 Å². The molecule has 2 heterocycles. The molecule has 1 saturated heterocycles. The van der Waals surface area contributed by atoms with Crippen LogP contribution < -0.4 is 5.32 Å². The number of amides is 2. The van der Waals surface area contributed by atoms with Crippen molar-refractivity contribution in [3.63, 3.8) is 0 Å². The minimum Gasteiger partial charge on any atom is -0.466 e. The molecular weight excluding hydrogens is 331 g/mol. The maximum Gasteiger partial charge on any atom is 0.323 e. The van der Waals surface area contributed by atoms with Crippen LogP contribution in [0.5, 0.6) is 0 Å². The molecular formula is C14H12Cl2N2O2S. The molecule has 2 amide bonds. The number of hydrogen-bond acceptors (Lipinski definition) is 3. The van der Waals surface area contributed by atoms with Gasteiger partial charge in [-0.3, -0.25) is 0 Å². The molecule has 2 aromatic rings. The summed E-state index contributed by atoms with van der Waals surface area (Å²) in [7, 11) is 0. The highest BCUT2D eigenvalue weighted by atomic mass is 35.5. The number of carbonyl (C=O) groups excluding carboxylic acids is 1. The van der Waals surface area contributed by atoms with Crippen LogP contribution in [0.15, 0.2) is 41.0 Å². The summed E-state index contributed by atoms with van der Waals surface area (Å²) in [5.41, 5.74) is 0.543. The predicted octanol–water partition coefficient (Wildman–Crippen LogP) is 4.87. The molecule has 1 N–H and O–H groups in total. The van der Waals surface area contributed by atoms with E-state index in [-0.39, 0.29) is 11.4 Å². The summed E-state index contributed by atoms with van der Waals surface area (Å²) in [5, 5.41) is 3.65. The first-order valence-electron chi connectivity index (χ1n) is 6.33. The van der Waals surface area contributed by atoms with E-state index < -0.39 is 0 Å². The van der Waals surface area contributed by atoms with Crippen molar-refractivity contribution in [2.24, 2.45) is 0 Å². The fourth-order valence-corrected chi connectivity index (χ4v) is 3.78. The van der Waals surface area contributed by atoms with Gasteiger partial charge in [-0.25, -0.2) is 4.79 Å². The number of urea groups is 1. The fraction of sp³-hybridized carbons (Fsp3) is 0.214. The fourth-order valence-electron chi connectivity index (χ4n) is 2.12. The lowest BCUT2D eigenvalue weighted by atomic mass is 10.3. The van der Waals surface area contributed by atoms with E-state index in [0.717, 1.165) is 11.5 Å². The Bertz CT molecular complexity index is 648. The number of furan rings is 1. The molecule has 3 rings (SSSR count). The van der Waals surface area contributed by atoms with Crippen molar-refractivity contribution in [1.82, 2.24) is 4.90 Å². The van der Waals surface area contributed by atoms with Crippen LogP contribution in [-0.2, 0) is 0 Å². The van der Waals surface area contributed by atoms with Crippen LogP contribution in [0.2, 0.25) is 10.0 Å². The Kier molecular flexibility index (Phi) is 4.33. The number of halogens is 2. The van der Waals surface area contributed by atoms with E-state index in [1.54, 1.807) is 41.1 Å². The van der Waals surface area contributed by atoms with Gasteiger partial charge in [0.05, 0.1) is 17.0 Å². The van der Waals surface area contributed by atoms with E-state index in [0.29, 0.717) is 22.3 Å². The lowest BCUT2D eigenvalue weighted by Gasteiger charge is -2.22. The highest BCUT2D eigenvalue weighted by Gasteiger charge is 2.32. The average Bonchev–Trinajstić information content (AvgIpc) is 3.10. The molecule has 1 aliphatic heterocycles. The Morgan fingerprint density at radius 1 is 1.38 bits per heavy atom. The first kappa shape index (κ1) is 14.6. The predicted molar refractivity (Wildman–Crippen MR) is 86.1 cm³/mol. The zero-order valence-corrected chi connectivity index (χ0v) is 13.2. The van der Waals surface area contributed by atoms with E-state index in [4.69, 9.17) is 27.6 Å². The van der Waals surface area contributed by atoms with Crippen LogP contribution in [0.3, 0.4) is 0 Å². The number of nitrogens with one attached hydrogen (secondary N) is 1. The van der Waals surface area contributed by atoms with Crippen LogP contribution in [0.25, 0.3) is 0 Å². The largest absolute Gasteiger partial charge is 0.466 e. The molecule has 0 aliphatic carbocycles. The molecule has 1 aromatic heterocycles. The summed E-state index contributed by atoms with van der Waals surface area (Å²) in [6, 6.07) is 8.46. The van der Waals surface area contributed by atoms with Crippen molar-refractivity contribution in [2.45, 2.75) is 5.37 Å². The third-order valence-electron chi connectivity index (χ3n) is 3.11. The second kappa shape index (κ2) is 6.22. The summed E-state index contributed by atoms with van der Waals surface area (Å²) >= 11 is 13.6. The Balaban J connectivity index is 1.75. The molecule has 7 heteroatoms. The number of rotatable bonds is 2. The summed E-state index contributed by atoms with van der Waals surface area (Å²) in [5.74, 6) is 1.64. The molecule has 110 valence electrons. The Hall–Kier alpha value is -1.30. The third-order valence-corrected chi connectivity index (χ3v) is 4.88. The number of nitrogens with zero attached hydrogens (tertiary/aromatic N) is 1. The van der Waals surface area contributed by atoms with Crippen molar-refractivity contribution >= 4 is 46.7 Å². The molecule has 1 fully saturated rings. The Labute approximate surface area is 136 Å². The van der Waals surface area contributed by atoms with Crippen LogP contribution in [0, 0.1) is 0 Å². The molecule has 4 nitrogen and oxygen atoms in total. The summed E-state index contributed by atoms with van der Waals surface area (Å²) < 4.78 is 5.40. The molecule has 0 spiro atoms. The monoisotopic (exact) mass is 342 g/mol. The number of hydrogen-bond donors (Lipinski definition) is 1. The molecule has 1 aromatic carbocycles. The second-order valence-corrected chi connectivity index (χ2v) is 6.52. The van der Waals surface area contributed by atoms with Crippen molar-refractivity contribution in [2.75, 3.05) is 17.6 Å². The molecule has 0 bridgehead atoms. The number of anilines is 1. The maximum atomic E-state index is 12.4. The van der Waals surface area contributed by atoms with E-state index in [2.05, 4.69) is 5.32 Å². The molecule has 1 atom stereocenters. The highest BCUT2D eigenvalue weighted by Crippen LogP contribution is 2.38. The smallest absolute Gasteiger partial charge is 0.323 e. The molecule has 1 unspecified atom stereocenters. The first-order chi connectivity index (χ1) is 10.1. The van der Waals surface area contributed by atoms with Crippen LogP contribution in [0.4, 0.5) is 10.5 Å². The first-order valence-corrected chi connectivity index (χ1v) is 8.13. The topological polar surface area (TPSA) is 45.5 Å². The van der Waals surface area contributed by atoms with Crippen molar-refractivity contribution in [3.05, 3.63) is 52.4 Å². The van der Waals surface area contributed by atoms with Crippen molar-refractivity contribution < 1.29 is 9.21 Å². The standard InChI is InChI=1S/C14H12Cl2N2O2S/c15-9-3-4-11(10(16)8-9)17-14(19)18-5-7-21-13(18)12-2-1-6-20-12/h1-4,6,8,13H,5,7H2,(H,17,19). The van der Waals surface area contributed by atoms with Gasteiger partial charge in [0.25, 0.3) is 0 Å². The minimum atomic E-state index is -0.203. The average molecular weight is 343 g/mol. The summed E-state index contributed by atoms with van der Waals surface area (Å²) in [6.07, 6.45) is 1.61. The van der Waals surface area contributed by atoms with Gasteiger partial charge < -0.3 is 14.6 Å². The van der Waals surface area contributed by atoms with E-state index in [1.165, 1.54) is 0 Å². The molecule has 0 radical (unpaired) electrons. The lowest BCUT2D eigenvalue weighted by Crippen LogP contribution is -2.34. The van der Waals surface area contributed by atoms with Gasteiger partial charge in [0.1, 0.15) is 11.1 Å². The van der Waals surface area contributed by atoms with E-state index in [9.17, 15) is 4.79 Å². The van der Waals surface area contributed by atoms with Gasteiger partial charge in [0.15, 0.2) is 0 Å². The SMILES string of the molecule is O=C(Nc1ccc(Cl)cc1Cl)N1CCSC1c1ccco1. The van der Waals surface area contributed by atoms with Gasteiger partial charge in [-0.2, -0.15) is 0 Å². The number of thioether (sulfide) groups is 1. The zero-order chi connectivity index (χ0) is 14.8. The van der Waals surface area contributed by atoms with Gasteiger partial charge in [-0.05, 0) is 30.3 Å². The molecule has 0 saturated carbocycles. The van der Waals surface area contributed by atoms with Gasteiger partial charge in [-0.1, -0.05) is 23.2 Å². The Morgan fingerprint density at radius 3 is 2.95 bits per heavy atom. The van der Waals surface area contributed by atoms with E-state index in [1.807, 2.05) is 12.1 Å². The maximum absolute atomic E-state index is 12.4. The lowest BCUT2D eigenvalue weighted by molar-refractivity contribution is 0.210. The summed E-state index contributed by atoms with van der Waals surface area (Å²) in [4.78, 5) is 14.2. The van der Waals surface area contributed by atoms with Gasteiger partial charge in [-0.15, -0.1) is 11.8 Å². The van der Waals surface area contributed by atoms with Crippen LogP contribution in [0.1, 0.15) is 11.1 Å². The second-order valence-electron chi connectivity index (χ2n) is 4.49. The van der Waals surface area contributed by atoms with E-state index >= 15 is 0 Å². The molecule has 1 aliphatic rings. The Morgan fingerprint density at radius 2 is 2.24 bits per heavy atom.